The van der Waals surface area contributed by atoms with E-state index >= 15 is 0 Å². The number of nitrogens with zero attached hydrogens (tertiary/aromatic N) is 1. The number of carbonyl (C=O) groups excluding carboxylic acids is 2. The minimum absolute atomic E-state index is 0.0570. The number of aliphatic imine (C=N–C) groups is 1. The van der Waals surface area contributed by atoms with E-state index < -0.39 is 23.6 Å². The lowest BCUT2D eigenvalue weighted by atomic mass is 9.98. The van der Waals surface area contributed by atoms with E-state index in [1.165, 1.54) is 6.08 Å². The summed E-state index contributed by atoms with van der Waals surface area (Å²) in [5.41, 5.74) is 9.36. The van der Waals surface area contributed by atoms with E-state index in [1.54, 1.807) is 69.3 Å². The van der Waals surface area contributed by atoms with Gasteiger partial charge in [-0.05, 0) is 73.4 Å². The Balaban J connectivity index is 1.74. The molecule has 0 unspecified atom stereocenters. The number of hydrogen-bond donors (Lipinski definition) is 2. The van der Waals surface area contributed by atoms with Gasteiger partial charge in [0, 0.05) is 17.2 Å². The van der Waals surface area contributed by atoms with Crippen molar-refractivity contribution in [3.05, 3.63) is 142 Å². The second-order valence-corrected chi connectivity index (χ2v) is 11.4. The molecule has 0 aliphatic heterocycles. The number of nitrogens with two attached hydrogens (primary N) is 1. The number of benzene rings is 4. The number of carbonyl (C=O) groups is 3. The Morgan fingerprint density at radius 1 is 0.787 bits per heavy atom. The molecule has 0 saturated carbocycles. The second-order valence-electron chi connectivity index (χ2n) is 11.4. The lowest BCUT2D eigenvalue weighted by molar-refractivity contribution is -0.131. The molecule has 3 N–H and O–H groups in total. The van der Waals surface area contributed by atoms with Crippen molar-refractivity contribution in [3.63, 3.8) is 0 Å². The number of rotatable bonds is 11. The van der Waals surface area contributed by atoms with Crippen LogP contribution in [0.2, 0.25) is 0 Å². The van der Waals surface area contributed by atoms with Gasteiger partial charge in [0.2, 0.25) is 0 Å². The average Bonchev–Trinajstić information content (AvgIpc) is 3.04. The SMILES string of the molecule is CC(C)(C)OC(=O)N=C(N)c1ccc(OCc2ccccc2)c(C=Cc2c(/C=C/C(=O)O)cccc2C(=O)OCc2ccccc2)c1. The normalized spacial score (nSPS) is 11.9. The van der Waals surface area contributed by atoms with Crippen molar-refractivity contribution in [3.8, 4) is 5.75 Å². The van der Waals surface area contributed by atoms with E-state index in [-0.39, 0.29) is 24.6 Å². The van der Waals surface area contributed by atoms with Crippen LogP contribution >= 0.6 is 0 Å². The third-order valence-electron chi connectivity index (χ3n) is 6.56. The molecule has 240 valence electrons. The molecule has 0 atom stereocenters. The fourth-order valence-electron chi connectivity index (χ4n) is 4.38. The quantitative estimate of drug-likeness (QED) is 0.0569. The first kappa shape index (κ1) is 33.9. The van der Waals surface area contributed by atoms with Gasteiger partial charge in [0.15, 0.2) is 0 Å². The molecule has 0 radical (unpaired) electrons. The summed E-state index contributed by atoms with van der Waals surface area (Å²) < 4.78 is 17.0. The number of amides is 1. The van der Waals surface area contributed by atoms with Gasteiger partial charge in [-0.1, -0.05) is 84.9 Å². The summed E-state index contributed by atoms with van der Waals surface area (Å²) in [6.45, 7) is 5.53. The lowest BCUT2D eigenvalue weighted by Gasteiger charge is -2.17. The molecule has 47 heavy (non-hydrogen) atoms. The smallest absolute Gasteiger partial charge is 0.436 e. The van der Waals surface area contributed by atoms with Gasteiger partial charge in [-0.15, -0.1) is 0 Å². The molecule has 1 amide bonds. The minimum Gasteiger partial charge on any atom is -0.488 e. The zero-order valence-corrected chi connectivity index (χ0v) is 26.4. The highest BCUT2D eigenvalue weighted by Crippen LogP contribution is 2.27. The highest BCUT2D eigenvalue weighted by Gasteiger charge is 2.17. The Labute approximate surface area is 273 Å². The predicted octanol–water partition coefficient (Wildman–Crippen LogP) is 7.53. The summed E-state index contributed by atoms with van der Waals surface area (Å²) in [5.74, 6) is -1.28. The summed E-state index contributed by atoms with van der Waals surface area (Å²) in [6, 6.07) is 28.9. The molecule has 0 saturated heterocycles. The fourth-order valence-corrected chi connectivity index (χ4v) is 4.38. The van der Waals surface area contributed by atoms with E-state index in [4.69, 9.17) is 19.9 Å². The Kier molecular flexibility index (Phi) is 11.4. The summed E-state index contributed by atoms with van der Waals surface area (Å²) in [5, 5.41) is 9.29. The molecule has 0 fully saturated rings. The zero-order valence-electron chi connectivity index (χ0n) is 26.4. The van der Waals surface area contributed by atoms with E-state index in [0.717, 1.165) is 17.2 Å². The van der Waals surface area contributed by atoms with Crippen LogP contribution in [-0.4, -0.2) is 34.6 Å². The van der Waals surface area contributed by atoms with Gasteiger partial charge in [-0.2, -0.15) is 4.99 Å². The third kappa shape index (κ3) is 10.6. The van der Waals surface area contributed by atoms with Crippen molar-refractivity contribution in [1.82, 2.24) is 0 Å². The zero-order chi connectivity index (χ0) is 33.8. The summed E-state index contributed by atoms with van der Waals surface area (Å²) in [7, 11) is 0. The monoisotopic (exact) mass is 632 g/mol. The van der Waals surface area contributed by atoms with Crippen molar-refractivity contribution < 1.29 is 33.7 Å². The maximum Gasteiger partial charge on any atom is 0.436 e. The van der Waals surface area contributed by atoms with Crippen LogP contribution in [0.15, 0.2) is 108 Å². The molecule has 0 heterocycles. The molecule has 0 aliphatic carbocycles. The third-order valence-corrected chi connectivity index (χ3v) is 6.56. The van der Waals surface area contributed by atoms with E-state index in [1.807, 2.05) is 60.7 Å². The number of esters is 1. The van der Waals surface area contributed by atoms with Gasteiger partial charge in [-0.25, -0.2) is 14.4 Å². The first-order valence-corrected chi connectivity index (χ1v) is 14.8. The first-order chi connectivity index (χ1) is 22.5. The molecule has 0 bridgehead atoms. The number of aliphatic carboxylic acids is 1. The Morgan fingerprint density at radius 2 is 1.45 bits per heavy atom. The van der Waals surface area contributed by atoms with Crippen molar-refractivity contribution >= 4 is 42.1 Å². The van der Waals surface area contributed by atoms with Crippen LogP contribution in [0.1, 0.15) is 64.5 Å². The van der Waals surface area contributed by atoms with Crippen molar-refractivity contribution in [2.45, 2.75) is 39.6 Å². The topological polar surface area (TPSA) is 138 Å². The maximum atomic E-state index is 13.3. The van der Waals surface area contributed by atoms with Crippen molar-refractivity contribution in [2.75, 3.05) is 0 Å². The number of carboxylic acids is 1. The minimum atomic E-state index is -1.14. The Hall–Kier alpha value is -5.96. The fraction of sp³-hybridized carbons (Fsp3) is 0.158. The van der Waals surface area contributed by atoms with Gasteiger partial charge < -0.3 is 25.1 Å². The lowest BCUT2D eigenvalue weighted by Crippen LogP contribution is -2.24. The second kappa shape index (κ2) is 15.9. The van der Waals surface area contributed by atoms with E-state index in [0.29, 0.717) is 28.0 Å². The average molecular weight is 633 g/mol. The molecule has 0 spiro atoms. The molecule has 9 heteroatoms. The molecule has 4 aromatic rings. The largest absolute Gasteiger partial charge is 0.488 e. The highest BCUT2D eigenvalue weighted by atomic mass is 16.6. The summed E-state index contributed by atoms with van der Waals surface area (Å²) >= 11 is 0. The van der Waals surface area contributed by atoms with E-state index in [9.17, 15) is 19.5 Å². The summed E-state index contributed by atoms with van der Waals surface area (Å²) in [6.07, 6.45) is 4.97. The summed E-state index contributed by atoms with van der Waals surface area (Å²) in [4.78, 5) is 40.9. The van der Waals surface area contributed by atoms with Crippen LogP contribution in [0.5, 0.6) is 5.75 Å². The molecule has 4 rings (SSSR count). The van der Waals surface area contributed by atoms with Gasteiger partial charge in [0.05, 0.1) is 5.56 Å². The number of hydrogen-bond acceptors (Lipinski definition) is 6. The van der Waals surface area contributed by atoms with Gasteiger partial charge in [-0.3, -0.25) is 0 Å². The molecule has 0 aliphatic rings. The first-order valence-electron chi connectivity index (χ1n) is 14.8. The molecular weight excluding hydrogens is 596 g/mol. The predicted molar refractivity (Wildman–Crippen MR) is 182 cm³/mol. The number of carboxylic acid groups (broad SMARTS) is 1. The highest BCUT2D eigenvalue weighted by molar-refractivity contribution is 6.03. The van der Waals surface area contributed by atoms with Gasteiger partial charge in [0.1, 0.15) is 30.4 Å². The van der Waals surface area contributed by atoms with Gasteiger partial charge in [0.25, 0.3) is 0 Å². The molecule has 0 aromatic heterocycles. The van der Waals surface area contributed by atoms with Gasteiger partial charge >= 0.3 is 18.0 Å². The van der Waals surface area contributed by atoms with Crippen LogP contribution in [0.25, 0.3) is 18.2 Å². The molecular formula is C38H36N2O7. The number of amidine groups is 1. The molecule has 9 nitrogen and oxygen atoms in total. The van der Waals surface area contributed by atoms with Crippen molar-refractivity contribution in [1.29, 1.82) is 0 Å². The molecule has 4 aromatic carbocycles. The van der Waals surface area contributed by atoms with E-state index in [2.05, 4.69) is 4.99 Å². The maximum absolute atomic E-state index is 13.3. The Bertz CT molecular complexity index is 1810. The number of ether oxygens (including phenoxy) is 3. The van der Waals surface area contributed by atoms with Crippen LogP contribution in [0.3, 0.4) is 0 Å². The Morgan fingerprint density at radius 3 is 2.09 bits per heavy atom. The van der Waals surface area contributed by atoms with Crippen LogP contribution < -0.4 is 10.5 Å². The van der Waals surface area contributed by atoms with Crippen LogP contribution in [0.4, 0.5) is 4.79 Å². The standard InChI is InChI=1S/C38H36N2O7/c1-38(2,3)47-37(44)40-35(39)30-18-21-33(45-24-26-11-6-4-7-12-26)29(23-30)17-20-31-28(19-22-34(41)42)15-10-16-32(31)36(43)46-25-27-13-8-5-9-14-27/h4-23H,24-25H2,1-3H3,(H,41,42)(H2,39,40,44)/b20-17?,22-19+. The van der Waals surface area contributed by atoms with Crippen LogP contribution in [0, 0.1) is 0 Å². The van der Waals surface area contributed by atoms with Crippen LogP contribution in [-0.2, 0) is 27.5 Å². The van der Waals surface area contributed by atoms with Crippen molar-refractivity contribution in [2.24, 2.45) is 10.7 Å².